The molecule has 1 fully saturated rings. The Bertz CT molecular complexity index is 685. The summed E-state index contributed by atoms with van der Waals surface area (Å²) >= 11 is 0. The van der Waals surface area contributed by atoms with E-state index in [2.05, 4.69) is 48.1 Å². The first kappa shape index (κ1) is 28.5. The summed E-state index contributed by atoms with van der Waals surface area (Å²) in [5, 5.41) is 17.7. The van der Waals surface area contributed by atoms with E-state index in [4.69, 9.17) is 9.73 Å². The van der Waals surface area contributed by atoms with Gasteiger partial charge in [0.25, 0.3) is 5.69 Å². The second-order valence-corrected chi connectivity index (χ2v) is 8.32. The Labute approximate surface area is 209 Å². The molecule has 1 aromatic carbocycles. The average molecular weight is 562 g/mol. The molecule has 1 aliphatic rings. The fraction of sp³-hybridized carbons (Fsp3) is 0.682. The molecule has 1 saturated heterocycles. The molecular formula is C22H39IN6O3. The van der Waals surface area contributed by atoms with Crippen molar-refractivity contribution < 1.29 is 9.66 Å². The van der Waals surface area contributed by atoms with Gasteiger partial charge in [-0.3, -0.25) is 19.9 Å². The van der Waals surface area contributed by atoms with Gasteiger partial charge in [-0.1, -0.05) is 12.1 Å². The van der Waals surface area contributed by atoms with Gasteiger partial charge in [0.15, 0.2) is 5.96 Å². The van der Waals surface area contributed by atoms with Crippen LogP contribution in [0.3, 0.4) is 0 Å². The van der Waals surface area contributed by atoms with Gasteiger partial charge in [0, 0.05) is 63.5 Å². The third kappa shape index (κ3) is 10.4. The first-order chi connectivity index (χ1) is 14.9. The van der Waals surface area contributed by atoms with E-state index in [9.17, 15) is 10.1 Å². The van der Waals surface area contributed by atoms with Crippen molar-refractivity contribution in [1.29, 1.82) is 0 Å². The van der Waals surface area contributed by atoms with E-state index in [1.165, 1.54) is 12.1 Å². The molecule has 2 rings (SSSR count). The molecule has 0 aliphatic carbocycles. The highest BCUT2D eigenvalue weighted by Gasteiger charge is 2.13. The van der Waals surface area contributed by atoms with Crippen molar-refractivity contribution in [1.82, 2.24) is 20.4 Å². The Kier molecular flexibility index (Phi) is 13.7. The molecule has 182 valence electrons. The topological polar surface area (TPSA) is 95.3 Å². The average Bonchev–Trinajstić information content (AvgIpc) is 2.75. The predicted octanol–water partition coefficient (Wildman–Crippen LogP) is 2.70. The van der Waals surface area contributed by atoms with Crippen LogP contribution >= 0.6 is 24.0 Å². The molecule has 1 aromatic rings. The number of ether oxygens (including phenoxy) is 1. The van der Waals surface area contributed by atoms with E-state index in [1.807, 2.05) is 0 Å². The molecule has 9 nitrogen and oxygen atoms in total. The van der Waals surface area contributed by atoms with Gasteiger partial charge < -0.3 is 15.4 Å². The molecule has 0 saturated carbocycles. The standard InChI is InChI=1S/C22H38N6O3.HI/c1-18(2)27(19(3)4)12-10-24-22(23-9-11-26-13-15-31-16-14-26)25-17-20-5-7-21(8-6-20)28(29)30;/h5-8,18-19H,9-17H2,1-4H3,(H2,23,24,25);1H. The van der Waals surface area contributed by atoms with Crippen LogP contribution in [0.25, 0.3) is 0 Å². The lowest BCUT2D eigenvalue weighted by molar-refractivity contribution is -0.384. The van der Waals surface area contributed by atoms with Crippen LogP contribution in [0, 0.1) is 10.1 Å². The normalized spacial score (nSPS) is 15.2. The van der Waals surface area contributed by atoms with Crippen LogP contribution in [0.2, 0.25) is 0 Å². The van der Waals surface area contributed by atoms with Crippen LogP contribution in [-0.2, 0) is 11.3 Å². The van der Waals surface area contributed by atoms with Crippen molar-refractivity contribution in [3.63, 3.8) is 0 Å². The smallest absolute Gasteiger partial charge is 0.269 e. The Balaban J connectivity index is 0.00000512. The van der Waals surface area contributed by atoms with Crippen LogP contribution in [-0.4, -0.2) is 85.2 Å². The Morgan fingerprint density at radius 1 is 1.12 bits per heavy atom. The van der Waals surface area contributed by atoms with Crippen LogP contribution in [0.15, 0.2) is 29.3 Å². The van der Waals surface area contributed by atoms with Gasteiger partial charge in [0.1, 0.15) is 0 Å². The number of nitrogens with zero attached hydrogens (tertiary/aromatic N) is 4. The highest BCUT2D eigenvalue weighted by Crippen LogP contribution is 2.12. The number of rotatable bonds is 11. The van der Waals surface area contributed by atoms with E-state index >= 15 is 0 Å². The molecular weight excluding hydrogens is 523 g/mol. The second-order valence-electron chi connectivity index (χ2n) is 8.32. The maximum Gasteiger partial charge on any atom is 0.269 e. The lowest BCUT2D eigenvalue weighted by Gasteiger charge is -2.30. The van der Waals surface area contributed by atoms with Gasteiger partial charge in [-0.25, -0.2) is 4.99 Å². The zero-order chi connectivity index (χ0) is 22.6. The Morgan fingerprint density at radius 2 is 1.72 bits per heavy atom. The number of non-ortho nitro benzene ring substituents is 1. The van der Waals surface area contributed by atoms with Crippen molar-refractivity contribution >= 4 is 35.6 Å². The minimum absolute atomic E-state index is 0. The number of halogens is 1. The number of aliphatic imine (C=N–C) groups is 1. The van der Waals surface area contributed by atoms with Gasteiger partial charge in [0.2, 0.25) is 0 Å². The van der Waals surface area contributed by atoms with E-state index < -0.39 is 0 Å². The summed E-state index contributed by atoms with van der Waals surface area (Å²) in [6, 6.07) is 7.52. The zero-order valence-corrected chi connectivity index (χ0v) is 22.1. The minimum Gasteiger partial charge on any atom is -0.379 e. The van der Waals surface area contributed by atoms with Crippen molar-refractivity contribution in [3.05, 3.63) is 39.9 Å². The van der Waals surface area contributed by atoms with Gasteiger partial charge in [0.05, 0.1) is 24.7 Å². The first-order valence-electron chi connectivity index (χ1n) is 11.2. The van der Waals surface area contributed by atoms with E-state index in [1.54, 1.807) is 12.1 Å². The summed E-state index contributed by atoms with van der Waals surface area (Å²) < 4.78 is 5.41. The molecule has 32 heavy (non-hydrogen) atoms. The SMILES string of the molecule is CC(C)N(CCNC(=NCc1ccc([N+](=O)[O-])cc1)NCCN1CCOCC1)C(C)C.I. The Morgan fingerprint density at radius 3 is 2.28 bits per heavy atom. The number of benzene rings is 1. The fourth-order valence-corrected chi connectivity index (χ4v) is 3.64. The number of guanidine groups is 1. The van der Waals surface area contributed by atoms with E-state index in [0.29, 0.717) is 18.6 Å². The van der Waals surface area contributed by atoms with Gasteiger partial charge in [-0.2, -0.15) is 0 Å². The second kappa shape index (κ2) is 15.4. The summed E-state index contributed by atoms with van der Waals surface area (Å²) in [6.07, 6.45) is 0. The molecule has 0 amide bonds. The number of hydrogen-bond donors (Lipinski definition) is 2. The predicted molar refractivity (Wildman–Crippen MR) is 140 cm³/mol. The minimum atomic E-state index is -0.386. The summed E-state index contributed by atoms with van der Waals surface area (Å²) in [5.41, 5.74) is 1.03. The summed E-state index contributed by atoms with van der Waals surface area (Å²) in [4.78, 5) is 20.0. The van der Waals surface area contributed by atoms with Gasteiger partial charge in [-0.05, 0) is 33.3 Å². The molecule has 0 bridgehead atoms. The summed E-state index contributed by atoms with van der Waals surface area (Å²) in [7, 11) is 0. The summed E-state index contributed by atoms with van der Waals surface area (Å²) in [6.45, 7) is 16.3. The largest absolute Gasteiger partial charge is 0.379 e. The van der Waals surface area contributed by atoms with Gasteiger partial charge >= 0.3 is 0 Å². The molecule has 0 atom stereocenters. The van der Waals surface area contributed by atoms with E-state index in [-0.39, 0.29) is 34.6 Å². The van der Waals surface area contributed by atoms with Crippen molar-refractivity contribution in [2.45, 2.75) is 46.3 Å². The zero-order valence-electron chi connectivity index (χ0n) is 19.7. The number of morpholine rings is 1. The van der Waals surface area contributed by atoms with Crippen molar-refractivity contribution in [2.24, 2.45) is 4.99 Å². The molecule has 0 spiro atoms. The Hall–Kier alpha value is -1.50. The first-order valence-corrected chi connectivity index (χ1v) is 11.2. The molecule has 0 unspecified atom stereocenters. The number of hydrogen-bond acceptors (Lipinski definition) is 6. The molecule has 1 heterocycles. The van der Waals surface area contributed by atoms with Crippen molar-refractivity contribution in [2.75, 3.05) is 52.5 Å². The highest BCUT2D eigenvalue weighted by molar-refractivity contribution is 14.0. The van der Waals surface area contributed by atoms with Crippen molar-refractivity contribution in [3.8, 4) is 0 Å². The fourth-order valence-electron chi connectivity index (χ4n) is 3.64. The maximum absolute atomic E-state index is 10.8. The maximum atomic E-state index is 10.8. The van der Waals surface area contributed by atoms with Crippen LogP contribution in [0.1, 0.15) is 33.3 Å². The molecule has 10 heteroatoms. The monoisotopic (exact) mass is 562 g/mol. The third-order valence-corrected chi connectivity index (χ3v) is 5.38. The highest BCUT2D eigenvalue weighted by atomic mass is 127. The van der Waals surface area contributed by atoms with E-state index in [0.717, 1.165) is 64.0 Å². The molecule has 2 N–H and O–H groups in total. The van der Waals surface area contributed by atoms with Crippen LogP contribution in [0.5, 0.6) is 0 Å². The molecule has 1 aliphatic heterocycles. The molecule has 0 radical (unpaired) electrons. The number of nitrogens with one attached hydrogen (secondary N) is 2. The third-order valence-electron chi connectivity index (χ3n) is 5.38. The summed E-state index contributed by atoms with van der Waals surface area (Å²) in [5.74, 6) is 0.763. The van der Waals surface area contributed by atoms with Crippen LogP contribution in [0.4, 0.5) is 5.69 Å². The molecule has 0 aromatic heterocycles. The van der Waals surface area contributed by atoms with Gasteiger partial charge in [-0.15, -0.1) is 24.0 Å². The lowest BCUT2D eigenvalue weighted by atomic mass is 10.2. The quantitative estimate of drug-likeness (QED) is 0.141. The van der Waals surface area contributed by atoms with Crippen LogP contribution < -0.4 is 10.6 Å². The lowest BCUT2D eigenvalue weighted by Crippen LogP contribution is -2.47. The number of nitro benzene ring substituents is 1. The number of nitro groups is 1.